The third-order valence-corrected chi connectivity index (χ3v) is 3.07. The average Bonchev–Trinajstić information content (AvgIpc) is 2.64. The van der Waals surface area contributed by atoms with Gasteiger partial charge in [0, 0.05) is 32.0 Å². The molecule has 2 rings (SSSR count). The van der Waals surface area contributed by atoms with Gasteiger partial charge in [-0.2, -0.15) is 0 Å². The van der Waals surface area contributed by atoms with Gasteiger partial charge in [-0.05, 0) is 12.8 Å². The number of amides is 2. The highest BCUT2D eigenvalue weighted by molar-refractivity contribution is 5.87. The number of carbonyl (C=O) groups is 2. The number of piperidine rings is 1. The van der Waals surface area contributed by atoms with Crippen LogP contribution in [0.15, 0.2) is 0 Å². The molecule has 2 atom stereocenters. The summed E-state index contributed by atoms with van der Waals surface area (Å²) in [6, 6.07) is 0. The van der Waals surface area contributed by atoms with Crippen LogP contribution < -0.4 is 5.32 Å². The summed E-state index contributed by atoms with van der Waals surface area (Å²) in [6.07, 6.45) is 1.29. The summed E-state index contributed by atoms with van der Waals surface area (Å²) in [5.74, 6) is -0.190. The molecule has 0 aromatic rings. The second kappa shape index (κ2) is 4.18. The maximum absolute atomic E-state index is 11.9. The van der Waals surface area contributed by atoms with E-state index in [4.69, 9.17) is 0 Å². The van der Waals surface area contributed by atoms with E-state index in [1.54, 1.807) is 4.90 Å². The Kier molecular flexibility index (Phi) is 2.90. The van der Waals surface area contributed by atoms with Crippen LogP contribution in [0.4, 0.5) is 0 Å². The number of aliphatic hydroxyl groups excluding tert-OH is 1. The minimum atomic E-state index is -0.383. The van der Waals surface area contributed by atoms with Crippen molar-refractivity contribution in [2.24, 2.45) is 5.92 Å². The number of aliphatic hydroxyl groups is 1. The number of rotatable bonds is 1. The van der Waals surface area contributed by atoms with Gasteiger partial charge in [0.05, 0.1) is 6.10 Å². The van der Waals surface area contributed by atoms with Crippen molar-refractivity contribution in [1.29, 1.82) is 0 Å². The van der Waals surface area contributed by atoms with Crippen LogP contribution in [0.3, 0.4) is 0 Å². The van der Waals surface area contributed by atoms with Gasteiger partial charge in [-0.3, -0.25) is 9.59 Å². The van der Waals surface area contributed by atoms with Gasteiger partial charge in [-0.15, -0.1) is 0 Å². The molecule has 0 spiro atoms. The molecular formula is C10H16N2O3. The van der Waals surface area contributed by atoms with E-state index in [9.17, 15) is 14.7 Å². The van der Waals surface area contributed by atoms with Crippen molar-refractivity contribution in [1.82, 2.24) is 10.2 Å². The fourth-order valence-electron chi connectivity index (χ4n) is 2.19. The molecule has 0 aromatic heterocycles. The van der Waals surface area contributed by atoms with Crippen LogP contribution in [0.2, 0.25) is 0 Å². The zero-order valence-corrected chi connectivity index (χ0v) is 8.61. The lowest BCUT2D eigenvalue weighted by molar-refractivity contribution is -0.139. The Labute approximate surface area is 88.4 Å². The first-order valence-electron chi connectivity index (χ1n) is 5.40. The summed E-state index contributed by atoms with van der Waals surface area (Å²) in [5.41, 5.74) is 0. The van der Waals surface area contributed by atoms with E-state index in [1.807, 2.05) is 0 Å². The number of nitrogens with zero attached hydrogens (tertiary/aromatic N) is 1. The van der Waals surface area contributed by atoms with E-state index in [1.165, 1.54) is 0 Å². The molecule has 1 unspecified atom stereocenters. The van der Waals surface area contributed by atoms with Crippen molar-refractivity contribution in [2.45, 2.75) is 25.4 Å². The first kappa shape index (κ1) is 10.4. The highest BCUT2D eigenvalue weighted by Gasteiger charge is 2.32. The van der Waals surface area contributed by atoms with E-state index in [0.717, 1.165) is 6.42 Å². The zero-order valence-electron chi connectivity index (χ0n) is 8.61. The molecule has 2 amide bonds. The second-order valence-corrected chi connectivity index (χ2v) is 4.27. The second-order valence-electron chi connectivity index (χ2n) is 4.27. The lowest BCUT2D eigenvalue weighted by Crippen LogP contribution is -2.42. The number of β-amino-alcohol motifs (C(OH)–C–C–N with tert-alkyl or cyclic N) is 1. The molecule has 2 fully saturated rings. The van der Waals surface area contributed by atoms with Crippen molar-refractivity contribution in [3.63, 3.8) is 0 Å². The Morgan fingerprint density at radius 2 is 2.27 bits per heavy atom. The monoisotopic (exact) mass is 212 g/mol. The maximum atomic E-state index is 11.9. The smallest absolute Gasteiger partial charge is 0.226 e. The Morgan fingerprint density at radius 3 is 2.87 bits per heavy atom. The third kappa shape index (κ3) is 2.28. The number of nitrogens with one attached hydrogen (secondary N) is 1. The quantitative estimate of drug-likeness (QED) is 0.592. The maximum Gasteiger partial charge on any atom is 0.226 e. The van der Waals surface area contributed by atoms with Crippen molar-refractivity contribution in [3.05, 3.63) is 0 Å². The Hall–Kier alpha value is -1.10. The highest BCUT2D eigenvalue weighted by Crippen LogP contribution is 2.19. The van der Waals surface area contributed by atoms with Gasteiger partial charge in [0.1, 0.15) is 0 Å². The SMILES string of the molecule is O=C1CC(C(=O)N2CC[C@@H](O)C2)CCN1. The summed E-state index contributed by atoms with van der Waals surface area (Å²) in [5, 5.41) is 12.0. The topological polar surface area (TPSA) is 69.6 Å². The molecule has 2 N–H and O–H groups in total. The number of carbonyl (C=O) groups excluding carboxylic acids is 2. The van der Waals surface area contributed by atoms with Crippen molar-refractivity contribution in [3.8, 4) is 0 Å². The largest absolute Gasteiger partial charge is 0.391 e. The predicted octanol–water partition coefficient (Wildman–Crippen LogP) is -0.894. The van der Waals surface area contributed by atoms with Crippen LogP contribution in [0.5, 0.6) is 0 Å². The van der Waals surface area contributed by atoms with E-state index in [-0.39, 0.29) is 23.8 Å². The van der Waals surface area contributed by atoms with Gasteiger partial charge < -0.3 is 15.3 Å². The van der Waals surface area contributed by atoms with Crippen LogP contribution >= 0.6 is 0 Å². The first-order valence-corrected chi connectivity index (χ1v) is 5.40. The molecule has 2 heterocycles. The molecule has 0 aliphatic carbocycles. The van der Waals surface area contributed by atoms with Crippen LogP contribution in [-0.2, 0) is 9.59 Å². The molecule has 0 radical (unpaired) electrons. The Balaban J connectivity index is 1.92. The summed E-state index contributed by atoms with van der Waals surface area (Å²) in [4.78, 5) is 24.7. The Bertz CT molecular complexity index is 280. The minimum Gasteiger partial charge on any atom is -0.391 e. The fraction of sp³-hybridized carbons (Fsp3) is 0.800. The molecule has 2 aliphatic heterocycles. The van der Waals surface area contributed by atoms with Crippen LogP contribution in [0.25, 0.3) is 0 Å². The van der Waals surface area contributed by atoms with Crippen LogP contribution in [0.1, 0.15) is 19.3 Å². The van der Waals surface area contributed by atoms with Gasteiger partial charge in [-0.1, -0.05) is 0 Å². The molecule has 0 aromatic carbocycles. The van der Waals surface area contributed by atoms with Gasteiger partial charge in [-0.25, -0.2) is 0 Å². The van der Waals surface area contributed by atoms with Gasteiger partial charge >= 0.3 is 0 Å². The van der Waals surface area contributed by atoms with E-state index in [0.29, 0.717) is 32.5 Å². The van der Waals surface area contributed by atoms with Gasteiger partial charge in [0.15, 0.2) is 0 Å². The molecule has 5 heteroatoms. The molecule has 2 aliphatic rings. The third-order valence-electron chi connectivity index (χ3n) is 3.07. The van der Waals surface area contributed by atoms with Crippen molar-refractivity contribution < 1.29 is 14.7 Å². The van der Waals surface area contributed by atoms with Gasteiger partial charge in [0.25, 0.3) is 0 Å². The molecule has 5 nitrogen and oxygen atoms in total. The van der Waals surface area contributed by atoms with Crippen molar-refractivity contribution >= 4 is 11.8 Å². The molecule has 0 saturated carbocycles. The standard InChI is InChI=1S/C10H16N2O3/c13-8-2-4-12(6-8)10(15)7-1-3-11-9(14)5-7/h7-8,13H,1-6H2,(H,11,14)/t7?,8-/m1/s1. The van der Waals surface area contributed by atoms with Crippen LogP contribution in [0, 0.1) is 5.92 Å². The number of likely N-dealkylation sites (tertiary alicyclic amines) is 1. The summed E-state index contributed by atoms with van der Waals surface area (Å²) in [6.45, 7) is 1.64. The summed E-state index contributed by atoms with van der Waals surface area (Å²) < 4.78 is 0. The molecule has 0 bridgehead atoms. The minimum absolute atomic E-state index is 0.0291. The summed E-state index contributed by atoms with van der Waals surface area (Å²) in [7, 11) is 0. The normalized spacial score (nSPS) is 31.5. The van der Waals surface area contributed by atoms with E-state index < -0.39 is 0 Å². The average molecular weight is 212 g/mol. The molecule has 84 valence electrons. The number of hydrogen-bond acceptors (Lipinski definition) is 3. The number of hydrogen-bond donors (Lipinski definition) is 2. The predicted molar refractivity (Wildman–Crippen MR) is 52.9 cm³/mol. The van der Waals surface area contributed by atoms with Crippen molar-refractivity contribution in [2.75, 3.05) is 19.6 Å². The van der Waals surface area contributed by atoms with E-state index in [2.05, 4.69) is 5.32 Å². The Morgan fingerprint density at radius 1 is 1.47 bits per heavy atom. The molecule has 15 heavy (non-hydrogen) atoms. The van der Waals surface area contributed by atoms with E-state index >= 15 is 0 Å². The summed E-state index contributed by atoms with van der Waals surface area (Å²) >= 11 is 0. The highest BCUT2D eigenvalue weighted by atomic mass is 16.3. The molecule has 2 saturated heterocycles. The van der Waals surface area contributed by atoms with Gasteiger partial charge in [0.2, 0.25) is 11.8 Å². The van der Waals surface area contributed by atoms with Crippen LogP contribution in [-0.4, -0.2) is 47.6 Å². The first-order chi connectivity index (χ1) is 7.16. The fourth-order valence-corrected chi connectivity index (χ4v) is 2.19. The lowest BCUT2D eigenvalue weighted by atomic mass is 9.96. The lowest BCUT2D eigenvalue weighted by Gasteiger charge is -2.25. The zero-order chi connectivity index (χ0) is 10.8. The molecular weight excluding hydrogens is 196 g/mol.